The first-order valence-electron chi connectivity index (χ1n) is 6.66. The van der Waals surface area contributed by atoms with Gasteiger partial charge >= 0.3 is 0 Å². The van der Waals surface area contributed by atoms with Gasteiger partial charge in [-0.1, -0.05) is 0 Å². The molecule has 3 N–H and O–H groups in total. The van der Waals surface area contributed by atoms with Crippen LogP contribution in [0.2, 0.25) is 0 Å². The number of nitrogens with zero attached hydrogens (tertiary/aromatic N) is 1. The first-order valence-corrected chi connectivity index (χ1v) is 9.75. The lowest BCUT2D eigenvalue weighted by atomic mass is 10.3. The van der Waals surface area contributed by atoms with Crippen LogP contribution in [-0.4, -0.2) is 39.0 Å². The summed E-state index contributed by atoms with van der Waals surface area (Å²) in [6.07, 6.45) is 2.40. The average Bonchev–Trinajstić information content (AvgIpc) is 3.05. The van der Waals surface area contributed by atoms with E-state index in [1.54, 1.807) is 6.07 Å². The van der Waals surface area contributed by atoms with Gasteiger partial charge in [0.15, 0.2) is 0 Å². The van der Waals surface area contributed by atoms with Gasteiger partial charge in [-0.2, -0.15) is 0 Å². The number of thiophene rings is 1. The first-order chi connectivity index (χ1) is 9.44. The van der Waals surface area contributed by atoms with Crippen molar-refractivity contribution in [3.05, 3.63) is 14.7 Å². The van der Waals surface area contributed by atoms with E-state index in [0.29, 0.717) is 16.9 Å². The fraction of sp³-hybridized carbons (Fsp3) is 0.667. The van der Waals surface area contributed by atoms with Crippen molar-refractivity contribution in [2.24, 2.45) is 5.73 Å². The molecule has 0 spiro atoms. The number of likely N-dealkylation sites (tertiary alicyclic amines) is 1. The zero-order chi connectivity index (χ0) is 14.8. The number of sulfonamides is 1. The van der Waals surface area contributed by atoms with Crippen molar-refractivity contribution in [3.63, 3.8) is 0 Å². The maximum absolute atomic E-state index is 12.3. The Morgan fingerprint density at radius 2 is 2.15 bits per heavy atom. The van der Waals surface area contributed by atoms with Crippen molar-refractivity contribution in [2.45, 2.75) is 37.2 Å². The molecule has 1 aliphatic rings. The maximum Gasteiger partial charge on any atom is 0.242 e. The van der Waals surface area contributed by atoms with E-state index >= 15 is 0 Å². The Kier molecular flexibility index (Phi) is 5.61. The van der Waals surface area contributed by atoms with E-state index in [1.807, 2.05) is 0 Å². The Balaban J connectivity index is 2.01. The molecule has 1 aromatic heterocycles. The van der Waals surface area contributed by atoms with Crippen LogP contribution in [0.15, 0.2) is 14.7 Å². The summed E-state index contributed by atoms with van der Waals surface area (Å²) in [6.45, 7) is 4.96. The predicted octanol–water partition coefficient (Wildman–Crippen LogP) is 1.73. The molecule has 20 heavy (non-hydrogen) atoms. The topological polar surface area (TPSA) is 75.4 Å². The molecule has 0 aliphatic carbocycles. The highest BCUT2D eigenvalue weighted by molar-refractivity contribution is 9.11. The third-order valence-electron chi connectivity index (χ3n) is 3.53. The molecule has 1 fully saturated rings. The summed E-state index contributed by atoms with van der Waals surface area (Å²) in [5.74, 6) is 0. The molecular weight excluding hydrogens is 362 g/mol. The molecule has 0 radical (unpaired) electrons. The fourth-order valence-electron chi connectivity index (χ4n) is 2.30. The molecule has 0 amide bonds. The lowest BCUT2D eigenvalue weighted by Gasteiger charge is -2.23. The number of halogens is 1. The number of rotatable bonds is 6. The van der Waals surface area contributed by atoms with E-state index in [4.69, 9.17) is 5.73 Å². The highest BCUT2D eigenvalue weighted by Crippen LogP contribution is 2.31. The molecule has 0 bridgehead atoms. The third-order valence-corrected chi connectivity index (χ3v) is 7.23. The minimum atomic E-state index is -3.47. The number of hydrogen-bond donors (Lipinski definition) is 2. The van der Waals surface area contributed by atoms with Crippen molar-refractivity contribution < 1.29 is 8.42 Å². The highest BCUT2D eigenvalue weighted by atomic mass is 79.9. The van der Waals surface area contributed by atoms with Gasteiger partial charge in [0.1, 0.15) is 4.90 Å². The molecule has 114 valence electrons. The van der Waals surface area contributed by atoms with Gasteiger partial charge in [-0.3, -0.25) is 4.90 Å². The summed E-state index contributed by atoms with van der Waals surface area (Å²) in [5, 5.41) is 0. The van der Waals surface area contributed by atoms with Gasteiger partial charge in [0.25, 0.3) is 0 Å². The average molecular weight is 382 g/mol. The Labute approximate surface area is 132 Å². The monoisotopic (exact) mass is 381 g/mol. The highest BCUT2D eigenvalue weighted by Gasteiger charge is 2.23. The van der Waals surface area contributed by atoms with Crippen LogP contribution in [-0.2, 0) is 16.6 Å². The van der Waals surface area contributed by atoms with Gasteiger partial charge in [-0.25, -0.2) is 13.1 Å². The van der Waals surface area contributed by atoms with Crippen molar-refractivity contribution in [3.8, 4) is 0 Å². The molecule has 5 nitrogen and oxygen atoms in total. The molecule has 1 saturated heterocycles. The molecule has 2 rings (SSSR count). The number of nitrogens with one attached hydrogen (secondary N) is 1. The van der Waals surface area contributed by atoms with E-state index < -0.39 is 10.0 Å². The largest absolute Gasteiger partial charge is 0.326 e. The molecule has 1 atom stereocenters. The standard InChI is InChI=1S/C12H20BrN3O2S2/c1-9(16-4-2-3-5-16)8-15-20(17,18)11-6-10(7-14)19-12(11)13/h6,9,15H,2-5,7-8,14H2,1H3. The van der Waals surface area contributed by atoms with Crippen LogP contribution in [0.1, 0.15) is 24.6 Å². The van der Waals surface area contributed by atoms with Gasteiger partial charge in [-0.05, 0) is 54.9 Å². The SMILES string of the molecule is CC(CNS(=O)(=O)c1cc(CN)sc1Br)N1CCCC1. The van der Waals surface area contributed by atoms with Crippen LogP contribution in [0.25, 0.3) is 0 Å². The second-order valence-electron chi connectivity index (χ2n) is 5.00. The number of nitrogens with two attached hydrogens (primary N) is 1. The van der Waals surface area contributed by atoms with Crippen LogP contribution < -0.4 is 10.5 Å². The van der Waals surface area contributed by atoms with E-state index in [-0.39, 0.29) is 10.9 Å². The molecule has 8 heteroatoms. The molecule has 1 aliphatic heterocycles. The quantitative estimate of drug-likeness (QED) is 0.786. The van der Waals surface area contributed by atoms with E-state index in [1.165, 1.54) is 24.2 Å². The second kappa shape index (κ2) is 6.85. The smallest absolute Gasteiger partial charge is 0.242 e. The van der Waals surface area contributed by atoms with Gasteiger partial charge in [0.2, 0.25) is 10.0 Å². The molecule has 2 heterocycles. The molecule has 1 unspecified atom stereocenters. The minimum Gasteiger partial charge on any atom is -0.326 e. The summed E-state index contributed by atoms with van der Waals surface area (Å²) >= 11 is 4.66. The van der Waals surface area contributed by atoms with Crippen LogP contribution in [0.3, 0.4) is 0 Å². The lowest BCUT2D eigenvalue weighted by molar-refractivity contribution is 0.260. The van der Waals surface area contributed by atoms with Crippen LogP contribution in [0.4, 0.5) is 0 Å². The van der Waals surface area contributed by atoms with E-state index in [0.717, 1.165) is 18.0 Å². The predicted molar refractivity (Wildman–Crippen MR) is 85.4 cm³/mol. The zero-order valence-corrected chi connectivity index (χ0v) is 14.7. The van der Waals surface area contributed by atoms with Crippen molar-refractivity contribution >= 4 is 37.3 Å². The Hall–Kier alpha value is 0.01000. The van der Waals surface area contributed by atoms with Crippen LogP contribution in [0.5, 0.6) is 0 Å². The first kappa shape index (κ1) is 16.4. The summed E-state index contributed by atoms with van der Waals surface area (Å²) in [5.41, 5.74) is 5.55. The Morgan fingerprint density at radius 1 is 1.50 bits per heavy atom. The van der Waals surface area contributed by atoms with Crippen molar-refractivity contribution in [1.82, 2.24) is 9.62 Å². The van der Waals surface area contributed by atoms with Crippen molar-refractivity contribution in [2.75, 3.05) is 19.6 Å². The van der Waals surface area contributed by atoms with Gasteiger partial charge in [0, 0.05) is 24.0 Å². The van der Waals surface area contributed by atoms with E-state index in [2.05, 4.69) is 32.5 Å². The summed E-state index contributed by atoms with van der Waals surface area (Å²) in [4.78, 5) is 3.46. The van der Waals surface area contributed by atoms with Crippen LogP contribution >= 0.6 is 27.3 Å². The van der Waals surface area contributed by atoms with Gasteiger partial charge in [-0.15, -0.1) is 11.3 Å². The summed E-state index contributed by atoms with van der Waals surface area (Å²) in [6, 6.07) is 1.86. The van der Waals surface area contributed by atoms with Crippen molar-refractivity contribution in [1.29, 1.82) is 0 Å². The summed E-state index contributed by atoms with van der Waals surface area (Å²) in [7, 11) is -3.47. The zero-order valence-electron chi connectivity index (χ0n) is 11.4. The second-order valence-corrected chi connectivity index (χ2v) is 9.19. The Morgan fingerprint density at radius 3 is 2.70 bits per heavy atom. The third kappa shape index (κ3) is 3.80. The Bertz CT molecular complexity index is 553. The maximum atomic E-state index is 12.3. The number of hydrogen-bond acceptors (Lipinski definition) is 5. The molecule has 0 aromatic carbocycles. The van der Waals surface area contributed by atoms with Gasteiger partial charge < -0.3 is 5.73 Å². The molecule has 0 saturated carbocycles. The molecular formula is C12H20BrN3O2S2. The fourth-order valence-corrected chi connectivity index (χ4v) is 5.98. The normalized spacial score (nSPS) is 18.6. The minimum absolute atomic E-state index is 0.221. The summed E-state index contributed by atoms with van der Waals surface area (Å²) < 4.78 is 27.9. The van der Waals surface area contributed by atoms with E-state index in [9.17, 15) is 8.42 Å². The van der Waals surface area contributed by atoms with Crippen LogP contribution in [0, 0.1) is 0 Å². The van der Waals surface area contributed by atoms with Gasteiger partial charge in [0.05, 0.1) is 3.79 Å². The lowest BCUT2D eigenvalue weighted by Crippen LogP contribution is -2.40. The molecule has 1 aromatic rings.